The average molecular weight is 233 g/mol. The van der Waals surface area contributed by atoms with Crippen molar-refractivity contribution in [3.8, 4) is 0 Å². The summed E-state index contributed by atoms with van der Waals surface area (Å²) in [6, 6.07) is 9.46. The highest BCUT2D eigenvalue weighted by Gasteiger charge is 2.52. The Morgan fingerprint density at radius 3 is 2.76 bits per heavy atom. The van der Waals surface area contributed by atoms with Crippen LogP contribution in [0.2, 0.25) is 0 Å². The molecule has 2 fully saturated rings. The van der Waals surface area contributed by atoms with Crippen molar-refractivity contribution < 1.29 is 14.6 Å². The molecule has 0 saturated carbocycles. The fourth-order valence-corrected chi connectivity index (χ4v) is 2.66. The molecule has 0 bridgehead atoms. The number of benzene rings is 1. The van der Waals surface area contributed by atoms with Gasteiger partial charge in [0.05, 0.1) is 24.7 Å². The highest BCUT2D eigenvalue weighted by atomic mass is 16.5. The van der Waals surface area contributed by atoms with Gasteiger partial charge in [0, 0.05) is 5.56 Å². The van der Waals surface area contributed by atoms with Gasteiger partial charge in [0.1, 0.15) is 0 Å². The van der Waals surface area contributed by atoms with Crippen molar-refractivity contribution in [2.75, 3.05) is 6.61 Å². The van der Waals surface area contributed by atoms with Crippen LogP contribution in [0.25, 0.3) is 0 Å². The number of fused-ring (bicyclic) bond motifs is 1. The Morgan fingerprint density at radius 2 is 2.06 bits per heavy atom. The maximum absolute atomic E-state index is 12.1. The summed E-state index contributed by atoms with van der Waals surface area (Å²) in [6.45, 7) is 2.18. The van der Waals surface area contributed by atoms with E-state index in [9.17, 15) is 9.90 Å². The van der Waals surface area contributed by atoms with Gasteiger partial charge in [-0.3, -0.25) is 4.79 Å². The first-order valence-corrected chi connectivity index (χ1v) is 5.87. The first-order valence-electron chi connectivity index (χ1n) is 5.87. The van der Waals surface area contributed by atoms with Crippen LogP contribution < -0.4 is 0 Å². The molecule has 17 heavy (non-hydrogen) atoms. The van der Waals surface area contributed by atoms with Crippen molar-refractivity contribution >= 4 is 5.91 Å². The number of aliphatic hydroxyl groups is 1. The number of carbonyl (C=O) groups is 1. The second-order valence-electron chi connectivity index (χ2n) is 4.69. The first kappa shape index (κ1) is 10.7. The summed E-state index contributed by atoms with van der Waals surface area (Å²) >= 11 is 0. The van der Waals surface area contributed by atoms with Crippen LogP contribution in [0.1, 0.15) is 18.7 Å². The lowest BCUT2D eigenvalue weighted by Crippen LogP contribution is -2.34. The Balaban J connectivity index is 1.93. The van der Waals surface area contributed by atoms with Gasteiger partial charge in [-0.15, -0.1) is 0 Å². The molecule has 1 aromatic carbocycles. The number of aliphatic hydroxyl groups excluding tert-OH is 1. The minimum absolute atomic E-state index is 0.0196. The Bertz CT molecular complexity index is 434. The highest BCUT2D eigenvalue weighted by Crippen LogP contribution is 2.39. The van der Waals surface area contributed by atoms with Crippen LogP contribution in [-0.2, 0) is 9.53 Å². The van der Waals surface area contributed by atoms with E-state index in [1.807, 2.05) is 30.3 Å². The van der Waals surface area contributed by atoms with Gasteiger partial charge in [-0.25, -0.2) is 0 Å². The van der Waals surface area contributed by atoms with Crippen LogP contribution >= 0.6 is 0 Å². The van der Waals surface area contributed by atoms with E-state index in [0.717, 1.165) is 5.56 Å². The molecular formula is C13H15NO3. The standard InChI is InChI=1S/C13H15NO3/c1-8-11(15)10-7-17-13(14(10)12(8)16)9-5-3-2-4-6-9/h2-6,8,10-11,13,15H,7H2,1H3/t8-,10-,11+,13-/m1/s1. The molecule has 90 valence electrons. The van der Waals surface area contributed by atoms with E-state index in [1.165, 1.54) is 0 Å². The normalized spacial score (nSPS) is 36.4. The summed E-state index contributed by atoms with van der Waals surface area (Å²) in [5.41, 5.74) is 0.963. The molecule has 4 atom stereocenters. The third-order valence-electron chi connectivity index (χ3n) is 3.67. The van der Waals surface area contributed by atoms with Gasteiger partial charge in [0.25, 0.3) is 0 Å². The number of rotatable bonds is 1. The van der Waals surface area contributed by atoms with E-state index in [-0.39, 0.29) is 24.1 Å². The Morgan fingerprint density at radius 1 is 1.35 bits per heavy atom. The van der Waals surface area contributed by atoms with Crippen LogP contribution in [0, 0.1) is 5.92 Å². The summed E-state index contributed by atoms with van der Waals surface area (Å²) in [5.74, 6) is -0.344. The zero-order valence-electron chi connectivity index (χ0n) is 9.61. The largest absolute Gasteiger partial charge is 0.390 e. The predicted octanol–water partition coefficient (Wildman–Crippen LogP) is 0.923. The van der Waals surface area contributed by atoms with E-state index in [4.69, 9.17) is 4.74 Å². The summed E-state index contributed by atoms with van der Waals surface area (Å²) in [6.07, 6.45) is -0.954. The van der Waals surface area contributed by atoms with E-state index in [1.54, 1.807) is 11.8 Å². The monoisotopic (exact) mass is 233 g/mol. The molecule has 2 aliphatic rings. The first-order chi connectivity index (χ1) is 8.20. The molecule has 1 N–H and O–H groups in total. The molecule has 3 rings (SSSR count). The SMILES string of the molecule is C[C@H]1C(=O)N2[C@@H](c3ccccc3)OC[C@@H]2[C@H]1O. The zero-order valence-corrected chi connectivity index (χ0v) is 9.61. The molecule has 4 heteroatoms. The Kier molecular flexibility index (Phi) is 2.42. The van der Waals surface area contributed by atoms with Crippen molar-refractivity contribution in [1.82, 2.24) is 4.90 Å². The number of amides is 1. The predicted molar refractivity (Wildman–Crippen MR) is 60.9 cm³/mol. The summed E-state index contributed by atoms with van der Waals surface area (Å²) in [5, 5.41) is 9.96. The highest BCUT2D eigenvalue weighted by molar-refractivity contribution is 5.82. The van der Waals surface area contributed by atoms with Crippen LogP contribution in [-0.4, -0.2) is 34.7 Å². The van der Waals surface area contributed by atoms with Gasteiger partial charge in [0.2, 0.25) is 5.91 Å². The van der Waals surface area contributed by atoms with Gasteiger partial charge in [-0.2, -0.15) is 0 Å². The second kappa shape index (κ2) is 3.82. The lowest BCUT2D eigenvalue weighted by molar-refractivity contribution is -0.137. The maximum atomic E-state index is 12.1. The molecule has 0 radical (unpaired) electrons. The number of ether oxygens (including phenoxy) is 1. The Labute approximate surface area is 99.8 Å². The molecule has 0 spiro atoms. The molecule has 0 aromatic heterocycles. The van der Waals surface area contributed by atoms with Gasteiger partial charge >= 0.3 is 0 Å². The zero-order chi connectivity index (χ0) is 12.0. The van der Waals surface area contributed by atoms with Gasteiger partial charge in [-0.05, 0) is 0 Å². The lowest BCUT2D eigenvalue weighted by Gasteiger charge is -2.22. The van der Waals surface area contributed by atoms with Gasteiger partial charge < -0.3 is 14.7 Å². The smallest absolute Gasteiger partial charge is 0.230 e. The molecule has 1 amide bonds. The van der Waals surface area contributed by atoms with Crippen LogP contribution in [0.3, 0.4) is 0 Å². The summed E-state index contributed by atoms with van der Waals surface area (Å²) in [7, 11) is 0. The lowest BCUT2D eigenvalue weighted by atomic mass is 10.0. The number of nitrogens with zero attached hydrogens (tertiary/aromatic N) is 1. The molecular weight excluding hydrogens is 218 g/mol. The number of hydrogen-bond acceptors (Lipinski definition) is 3. The molecule has 1 aromatic rings. The third kappa shape index (κ3) is 1.48. The fraction of sp³-hybridized carbons (Fsp3) is 0.462. The minimum atomic E-state index is -0.615. The van der Waals surface area contributed by atoms with Gasteiger partial charge in [-0.1, -0.05) is 37.3 Å². The number of hydrogen-bond donors (Lipinski definition) is 1. The van der Waals surface area contributed by atoms with Crippen LogP contribution in [0.5, 0.6) is 0 Å². The van der Waals surface area contributed by atoms with Crippen molar-refractivity contribution in [3.05, 3.63) is 35.9 Å². The summed E-state index contributed by atoms with van der Waals surface area (Å²) < 4.78 is 5.64. The molecule has 0 unspecified atom stereocenters. The van der Waals surface area contributed by atoms with Gasteiger partial charge in [0.15, 0.2) is 6.23 Å². The van der Waals surface area contributed by atoms with Crippen molar-refractivity contribution in [2.24, 2.45) is 5.92 Å². The second-order valence-corrected chi connectivity index (χ2v) is 4.69. The molecule has 0 aliphatic carbocycles. The molecule has 2 heterocycles. The van der Waals surface area contributed by atoms with E-state index in [0.29, 0.717) is 6.61 Å². The fourth-order valence-electron chi connectivity index (χ4n) is 2.66. The number of carbonyl (C=O) groups excluding carboxylic acids is 1. The quantitative estimate of drug-likeness (QED) is 0.784. The summed E-state index contributed by atoms with van der Waals surface area (Å²) in [4.78, 5) is 13.8. The van der Waals surface area contributed by atoms with E-state index in [2.05, 4.69) is 0 Å². The van der Waals surface area contributed by atoms with E-state index >= 15 is 0 Å². The average Bonchev–Trinajstić information content (AvgIpc) is 2.88. The van der Waals surface area contributed by atoms with Crippen LogP contribution in [0.15, 0.2) is 30.3 Å². The van der Waals surface area contributed by atoms with Crippen molar-refractivity contribution in [3.63, 3.8) is 0 Å². The minimum Gasteiger partial charge on any atom is -0.390 e. The van der Waals surface area contributed by atoms with Crippen molar-refractivity contribution in [2.45, 2.75) is 25.3 Å². The van der Waals surface area contributed by atoms with Crippen LogP contribution in [0.4, 0.5) is 0 Å². The molecule has 2 aliphatic heterocycles. The van der Waals surface area contributed by atoms with Crippen molar-refractivity contribution in [1.29, 1.82) is 0 Å². The van der Waals surface area contributed by atoms with E-state index < -0.39 is 6.10 Å². The molecule has 4 nitrogen and oxygen atoms in total. The maximum Gasteiger partial charge on any atom is 0.230 e. The topological polar surface area (TPSA) is 49.8 Å². The molecule has 2 saturated heterocycles. The Hall–Kier alpha value is -1.39. The third-order valence-corrected chi connectivity index (χ3v) is 3.67.